The minimum Gasteiger partial charge on any atom is -0.480 e. The zero-order chi connectivity index (χ0) is 14.6. The number of carboxylic acids is 1. The molecule has 1 aliphatic heterocycles. The van der Waals surface area contributed by atoms with Crippen LogP contribution >= 0.6 is 0 Å². The fourth-order valence-electron chi connectivity index (χ4n) is 2.04. The molecule has 7 heteroatoms. The van der Waals surface area contributed by atoms with Gasteiger partial charge in [0.1, 0.15) is 6.04 Å². The van der Waals surface area contributed by atoms with Crippen LogP contribution in [0.5, 0.6) is 0 Å². The van der Waals surface area contributed by atoms with Crippen molar-refractivity contribution in [1.82, 2.24) is 15.1 Å². The summed E-state index contributed by atoms with van der Waals surface area (Å²) in [5, 5.41) is 20.2. The number of carbonyl (C=O) groups is 2. The molecule has 0 aromatic carbocycles. The van der Waals surface area contributed by atoms with Gasteiger partial charge in [0, 0.05) is 38.2 Å². The van der Waals surface area contributed by atoms with Crippen molar-refractivity contribution in [2.45, 2.75) is 31.8 Å². The predicted octanol–water partition coefficient (Wildman–Crippen LogP) is -0.442. The number of nitrogens with zero attached hydrogens (tertiary/aromatic N) is 2. The highest BCUT2D eigenvalue weighted by Crippen LogP contribution is 2.18. The Bertz CT molecular complexity index is 346. The third-order valence-electron chi connectivity index (χ3n) is 3.62. The summed E-state index contributed by atoms with van der Waals surface area (Å²) >= 11 is 0. The first-order chi connectivity index (χ1) is 8.77. The number of amides is 2. The Morgan fingerprint density at radius 1 is 1.37 bits per heavy atom. The van der Waals surface area contributed by atoms with E-state index in [1.807, 2.05) is 20.9 Å². The number of urea groups is 1. The SMILES string of the molecule is CN1CCN(C(=O)NC(CCO)C(=O)O)CC1(C)C. The lowest BCUT2D eigenvalue weighted by molar-refractivity contribution is -0.139. The van der Waals surface area contributed by atoms with Crippen molar-refractivity contribution in [3.05, 3.63) is 0 Å². The molecule has 1 heterocycles. The highest BCUT2D eigenvalue weighted by atomic mass is 16.4. The second kappa shape index (κ2) is 6.21. The van der Waals surface area contributed by atoms with Crippen molar-refractivity contribution in [3.63, 3.8) is 0 Å². The Kier molecular flexibility index (Phi) is 5.13. The number of hydrogen-bond donors (Lipinski definition) is 3. The molecule has 1 aliphatic rings. The van der Waals surface area contributed by atoms with Crippen molar-refractivity contribution >= 4 is 12.0 Å². The molecule has 0 radical (unpaired) electrons. The normalized spacial score (nSPS) is 20.9. The van der Waals surface area contributed by atoms with Crippen LogP contribution in [0.2, 0.25) is 0 Å². The van der Waals surface area contributed by atoms with Gasteiger partial charge in [-0.15, -0.1) is 0 Å². The van der Waals surface area contributed by atoms with Gasteiger partial charge in [-0.25, -0.2) is 9.59 Å². The second-order valence-electron chi connectivity index (χ2n) is 5.51. The van der Waals surface area contributed by atoms with Gasteiger partial charge >= 0.3 is 12.0 Å². The summed E-state index contributed by atoms with van der Waals surface area (Å²) in [5.41, 5.74) is -0.134. The molecule has 0 aliphatic carbocycles. The van der Waals surface area contributed by atoms with Gasteiger partial charge in [0.15, 0.2) is 0 Å². The molecule has 1 saturated heterocycles. The molecule has 0 spiro atoms. The Morgan fingerprint density at radius 2 is 2.00 bits per heavy atom. The molecular weight excluding hydrogens is 250 g/mol. The van der Waals surface area contributed by atoms with Gasteiger partial charge in [-0.1, -0.05) is 0 Å². The van der Waals surface area contributed by atoms with Crippen LogP contribution in [0.1, 0.15) is 20.3 Å². The van der Waals surface area contributed by atoms with Crippen LogP contribution < -0.4 is 5.32 Å². The van der Waals surface area contributed by atoms with Gasteiger partial charge in [0.05, 0.1) is 0 Å². The molecule has 2 amide bonds. The van der Waals surface area contributed by atoms with Gasteiger partial charge in [0.2, 0.25) is 0 Å². The molecule has 1 atom stereocenters. The largest absolute Gasteiger partial charge is 0.480 e. The molecule has 0 bridgehead atoms. The highest BCUT2D eigenvalue weighted by molar-refractivity contribution is 5.82. The lowest BCUT2D eigenvalue weighted by Crippen LogP contribution is -2.61. The van der Waals surface area contributed by atoms with E-state index in [4.69, 9.17) is 10.2 Å². The van der Waals surface area contributed by atoms with Crippen molar-refractivity contribution in [1.29, 1.82) is 0 Å². The Morgan fingerprint density at radius 3 is 2.47 bits per heavy atom. The topological polar surface area (TPSA) is 93.1 Å². The van der Waals surface area contributed by atoms with E-state index in [0.717, 1.165) is 6.54 Å². The van der Waals surface area contributed by atoms with E-state index in [0.29, 0.717) is 13.1 Å². The number of aliphatic hydroxyl groups is 1. The summed E-state index contributed by atoms with van der Waals surface area (Å²) in [7, 11) is 2.00. The molecule has 7 nitrogen and oxygen atoms in total. The van der Waals surface area contributed by atoms with Gasteiger partial charge in [-0.2, -0.15) is 0 Å². The number of carboxylic acid groups (broad SMARTS) is 1. The summed E-state index contributed by atoms with van der Waals surface area (Å²) < 4.78 is 0. The number of piperazine rings is 1. The van der Waals surface area contributed by atoms with Crippen molar-refractivity contribution in [3.8, 4) is 0 Å². The molecule has 0 aromatic rings. The van der Waals surface area contributed by atoms with Crippen molar-refractivity contribution < 1.29 is 19.8 Å². The van der Waals surface area contributed by atoms with Gasteiger partial charge < -0.3 is 20.4 Å². The number of likely N-dealkylation sites (N-methyl/N-ethyl adjacent to an activating group) is 1. The average Bonchev–Trinajstić information content (AvgIpc) is 2.31. The van der Waals surface area contributed by atoms with Gasteiger partial charge in [-0.3, -0.25) is 4.90 Å². The first kappa shape index (κ1) is 15.7. The number of aliphatic carboxylic acids is 1. The van der Waals surface area contributed by atoms with Crippen LogP contribution in [-0.2, 0) is 4.79 Å². The minimum absolute atomic E-state index is 0.0121. The third-order valence-corrected chi connectivity index (χ3v) is 3.62. The fourth-order valence-corrected chi connectivity index (χ4v) is 2.04. The molecule has 0 aromatic heterocycles. The average molecular weight is 273 g/mol. The molecule has 1 rings (SSSR count). The van der Waals surface area contributed by atoms with Crippen LogP contribution in [0.4, 0.5) is 4.79 Å². The van der Waals surface area contributed by atoms with E-state index in [9.17, 15) is 9.59 Å². The van der Waals surface area contributed by atoms with Crippen molar-refractivity contribution in [2.75, 3.05) is 33.3 Å². The van der Waals surface area contributed by atoms with E-state index < -0.39 is 12.0 Å². The maximum atomic E-state index is 12.0. The Balaban J connectivity index is 2.60. The molecule has 1 fully saturated rings. The Labute approximate surface area is 113 Å². The van der Waals surface area contributed by atoms with Crippen molar-refractivity contribution in [2.24, 2.45) is 0 Å². The highest BCUT2D eigenvalue weighted by Gasteiger charge is 2.34. The lowest BCUT2D eigenvalue weighted by Gasteiger charge is -2.45. The first-order valence-corrected chi connectivity index (χ1v) is 6.38. The maximum absolute atomic E-state index is 12.0. The third kappa shape index (κ3) is 4.07. The Hall–Kier alpha value is -1.34. The second-order valence-corrected chi connectivity index (χ2v) is 5.51. The molecule has 19 heavy (non-hydrogen) atoms. The van der Waals surface area contributed by atoms with Gasteiger partial charge in [-0.05, 0) is 20.9 Å². The summed E-state index contributed by atoms with van der Waals surface area (Å²) in [5.74, 6) is -1.13. The molecule has 110 valence electrons. The lowest BCUT2D eigenvalue weighted by atomic mass is 10.00. The van der Waals surface area contributed by atoms with Gasteiger partial charge in [0.25, 0.3) is 0 Å². The molecule has 0 saturated carbocycles. The van der Waals surface area contributed by atoms with E-state index >= 15 is 0 Å². The van der Waals surface area contributed by atoms with Crippen LogP contribution in [-0.4, -0.2) is 76.9 Å². The number of rotatable bonds is 4. The summed E-state index contributed by atoms with van der Waals surface area (Å²) in [6, 6.07) is -1.43. The van der Waals surface area contributed by atoms with E-state index in [1.165, 1.54) is 0 Å². The van der Waals surface area contributed by atoms with Crippen LogP contribution in [0.15, 0.2) is 0 Å². The first-order valence-electron chi connectivity index (χ1n) is 6.38. The molecule has 1 unspecified atom stereocenters. The summed E-state index contributed by atoms with van der Waals surface area (Å²) in [6.07, 6.45) is 0.0121. The quantitative estimate of drug-likeness (QED) is 0.645. The zero-order valence-electron chi connectivity index (χ0n) is 11.7. The van der Waals surface area contributed by atoms with Crippen LogP contribution in [0, 0.1) is 0 Å². The summed E-state index contributed by atoms with van der Waals surface area (Å²) in [4.78, 5) is 26.8. The fraction of sp³-hybridized carbons (Fsp3) is 0.833. The van der Waals surface area contributed by atoms with E-state index in [2.05, 4.69) is 10.2 Å². The van der Waals surface area contributed by atoms with E-state index in [-0.39, 0.29) is 24.6 Å². The number of carbonyl (C=O) groups excluding carboxylic acids is 1. The number of hydrogen-bond acceptors (Lipinski definition) is 4. The maximum Gasteiger partial charge on any atom is 0.326 e. The van der Waals surface area contributed by atoms with Crippen LogP contribution in [0.25, 0.3) is 0 Å². The number of aliphatic hydroxyl groups excluding tert-OH is 1. The standard InChI is InChI=1S/C12H23N3O4/c1-12(2)8-15(6-5-14(12)3)11(19)13-9(4-7-16)10(17)18/h9,16H,4-8H2,1-3H3,(H,13,19)(H,17,18). The molecular formula is C12H23N3O4. The predicted molar refractivity (Wildman–Crippen MR) is 69.9 cm³/mol. The molecule has 3 N–H and O–H groups in total. The monoisotopic (exact) mass is 273 g/mol. The minimum atomic E-state index is -1.13. The number of nitrogens with one attached hydrogen (secondary N) is 1. The smallest absolute Gasteiger partial charge is 0.326 e. The summed E-state index contributed by atoms with van der Waals surface area (Å²) in [6.45, 7) is 5.66. The zero-order valence-corrected chi connectivity index (χ0v) is 11.7. The van der Waals surface area contributed by atoms with Crippen LogP contribution in [0.3, 0.4) is 0 Å². The van der Waals surface area contributed by atoms with E-state index in [1.54, 1.807) is 4.90 Å².